The first-order chi connectivity index (χ1) is 17.1. The van der Waals surface area contributed by atoms with Crippen LogP contribution in [0.5, 0.6) is 0 Å². The van der Waals surface area contributed by atoms with Crippen LogP contribution in [0.15, 0.2) is 97.1 Å². The predicted octanol–water partition coefficient (Wildman–Crippen LogP) is 8.20. The molecule has 0 amide bonds. The van der Waals surface area contributed by atoms with Crippen molar-refractivity contribution >= 4 is 43.6 Å². The molecule has 3 nitrogen and oxygen atoms in total. The lowest BCUT2D eigenvalue weighted by Crippen LogP contribution is -2.10. The van der Waals surface area contributed by atoms with Gasteiger partial charge in [-0.1, -0.05) is 72.8 Å². The molecular weight excluding hydrogens is 426 g/mol. The highest BCUT2D eigenvalue weighted by atomic mass is 15.1. The molecule has 7 aromatic rings. The van der Waals surface area contributed by atoms with Crippen molar-refractivity contribution in [2.75, 3.05) is 0 Å². The monoisotopic (exact) mass is 451 g/mol. The zero-order valence-corrected chi connectivity index (χ0v) is 20.1. The van der Waals surface area contributed by atoms with Crippen molar-refractivity contribution in [1.82, 2.24) is 14.1 Å². The summed E-state index contributed by atoms with van der Waals surface area (Å²) in [5.74, 6) is 0. The van der Waals surface area contributed by atoms with E-state index in [1.54, 1.807) is 0 Å². The van der Waals surface area contributed by atoms with Gasteiger partial charge in [0.1, 0.15) is 0 Å². The molecule has 0 bridgehead atoms. The van der Waals surface area contributed by atoms with Crippen LogP contribution < -0.4 is 0 Å². The third-order valence-electron chi connectivity index (χ3n) is 7.34. The summed E-state index contributed by atoms with van der Waals surface area (Å²) >= 11 is 0. The molecule has 0 radical (unpaired) electrons. The van der Waals surface area contributed by atoms with Gasteiger partial charge in [-0.25, -0.2) is 0 Å². The summed E-state index contributed by atoms with van der Waals surface area (Å²) < 4.78 is 4.80. The van der Waals surface area contributed by atoms with Crippen LogP contribution in [-0.2, 0) is 0 Å². The quantitative estimate of drug-likeness (QED) is 0.260. The van der Waals surface area contributed by atoms with Gasteiger partial charge in [-0.15, -0.1) is 0 Å². The Morgan fingerprint density at radius 3 is 1.03 bits per heavy atom. The van der Waals surface area contributed by atoms with Gasteiger partial charge < -0.3 is 9.13 Å². The molecule has 0 atom stereocenters. The number of rotatable bonds is 2. The highest BCUT2D eigenvalue weighted by molar-refractivity contribution is 6.10. The smallest absolute Gasteiger partial charge is 0.0725 e. The first-order valence-corrected chi connectivity index (χ1v) is 12.1. The minimum absolute atomic E-state index is 1.04. The summed E-state index contributed by atoms with van der Waals surface area (Å²) in [6.45, 7) is 6.52. The molecule has 0 aliphatic carbocycles. The van der Waals surface area contributed by atoms with E-state index in [-0.39, 0.29) is 0 Å². The summed E-state index contributed by atoms with van der Waals surface area (Å²) in [5, 5.41) is 5.06. The van der Waals surface area contributed by atoms with Crippen LogP contribution in [-0.4, -0.2) is 14.1 Å². The Morgan fingerprint density at radius 2 is 0.714 bits per heavy atom. The van der Waals surface area contributed by atoms with E-state index in [2.05, 4.69) is 127 Å². The Bertz CT molecular complexity index is 1690. The molecule has 3 heteroatoms. The van der Waals surface area contributed by atoms with Crippen LogP contribution in [0, 0.1) is 20.8 Å². The minimum atomic E-state index is 1.04. The third-order valence-corrected chi connectivity index (χ3v) is 7.34. The van der Waals surface area contributed by atoms with Gasteiger partial charge >= 0.3 is 0 Å². The topological polar surface area (TPSA) is 22.8 Å². The van der Waals surface area contributed by atoms with E-state index in [4.69, 9.17) is 4.98 Å². The van der Waals surface area contributed by atoms with E-state index in [9.17, 15) is 0 Å². The Labute approximate surface area is 203 Å². The molecule has 0 fully saturated rings. The fourth-order valence-electron chi connectivity index (χ4n) is 6.00. The molecule has 0 N–H and O–H groups in total. The molecule has 0 aliphatic rings. The van der Waals surface area contributed by atoms with Crippen molar-refractivity contribution in [3.63, 3.8) is 0 Å². The predicted molar refractivity (Wildman–Crippen MR) is 147 cm³/mol. The van der Waals surface area contributed by atoms with Gasteiger partial charge in [0, 0.05) is 27.1 Å². The maximum absolute atomic E-state index is 5.13. The highest BCUT2D eigenvalue weighted by Gasteiger charge is 2.22. The SMILES string of the molecule is Cc1nc(C)c(-n2c3ccccc3c3ccccc32)c(C)c1-n1c2ccccc2c2ccccc21. The molecule has 168 valence electrons. The summed E-state index contributed by atoms with van der Waals surface area (Å²) in [6, 6.07) is 34.7. The van der Waals surface area contributed by atoms with E-state index in [0.29, 0.717) is 0 Å². The van der Waals surface area contributed by atoms with Gasteiger partial charge in [-0.2, -0.15) is 0 Å². The Morgan fingerprint density at radius 1 is 0.429 bits per heavy atom. The number of fused-ring (bicyclic) bond motifs is 6. The number of hydrogen-bond donors (Lipinski definition) is 0. The van der Waals surface area contributed by atoms with E-state index in [1.807, 2.05) is 0 Å². The normalized spacial score (nSPS) is 11.9. The van der Waals surface area contributed by atoms with Crippen LogP contribution in [0.25, 0.3) is 55.0 Å². The fourth-order valence-corrected chi connectivity index (χ4v) is 6.00. The summed E-state index contributed by atoms with van der Waals surface area (Å²) in [7, 11) is 0. The zero-order chi connectivity index (χ0) is 23.7. The molecule has 4 aromatic carbocycles. The Hall–Kier alpha value is -4.37. The van der Waals surface area contributed by atoms with Crippen LogP contribution in [0.4, 0.5) is 0 Å². The minimum Gasteiger partial charge on any atom is -0.307 e. The highest BCUT2D eigenvalue weighted by Crippen LogP contribution is 2.39. The number of benzene rings is 4. The van der Waals surface area contributed by atoms with Gasteiger partial charge in [-0.3, -0.25) is 4.98 Å². The van der Waals surface area contributed by atoms with Crippen molar-refractivity contribution in [3.05, 3.63) is 114 Å². The maximum atomic E-state index is 5.13. The van der Waals surface area contributed by atoms with Gasteiger partial charge in [0.15, 0.2) is 0 Å². The molecule has 0 saturated carbocycles. The van der Waals surface area contributed by atoms with Crippen molar-refractivity contribution in [2.24, 2.45) is 0 Å². The van der Waals surface area contributed by atoms with Gasteiger partial charge in [-0.05, 0) is 45.0 Å². The second-order valence-electron chi connectivity index (χ2n) is 9.34. The van der Waals surface area contributed by atoms with Crippen molar-refractivity contribution < 1.29 is 0 Å². The number of nitrogens with zero attached hydrogens (tertiary/aromatic N) is 3. The van der Waals surface area contributed by atoms with Crippen molar-refractivity contribution in [2.45, 2.75) is 20.8 Å². The molecule has 0 spiro atoms. The molecule has 35 heavy (non-hydrogen) atoms. The van der Waals surface area contributed by atoms with Crippen LogP contribution in [0.3, 0.4) is 0 Å². The van der Waals surface area contributed by atoms with Crippen molar-refractivity contribution in [3.8, 4) is 11.4 Å². The van der Waals surface area contributed by atoms with Crippen molar-refractivity contribution in [1.29, 1.82) is 0 Å². The number of para-hydroxylation sites is 4. The summed E-state index contributed by atoms with van der Waals surface area (Å²) in [6.07, 6.45) is 0. The van der Waals surface area contributed by atoms with E-state index in [1.165, 1.54) is 49.2 Å². The first kappa shape index (κ1) is 20.0. The van der Waals surface area contributed by atoms with Gasteiger partial charge in [0.2, 0.25) is 0 Å². The van der Waals surface area contributed by atoms with E-state index >= 15 is 0 Å². The summed E-state index contributed by atoms with van der Waals surface area (Å²) in [5.41, 5.74) is 10.4. The molecule has 0 saturated heterocycles. The molecule has 0 unspecified atom stereocenters. The number of aryl methyl sites for hydroxylation is 2. The lowest BCUT2D eigenvalue weighted by molar-refractivity contribution is 0.983. The second kappa shape index (κ2) is 7.31. The lowest BCUT2D eigenvalue weighted by Gasteiger charge is -2.21. The number of hydrogen-bond acceptors (Lipinski definition) is 1. The third kappa shape index (κ3) is 2.69. The second-order valence-corrected chi connectivity index (χ2v) is 9.34. The molecule has 3 aromatic heterocycles. The van der Waals surface area contributed by atoms with Gasteiger partial charge in [0.05, 0.1) is 44.8 Å². The molecular formula is C32H25N3. The fraction of sp³-hybridized carbons (Fsp3) is 0.0938. The molecule has 3 heterocycles. The number of aromatic nitrogens is 3. The Kier molecular flexibility index (Phi) is 4.19. The van der Waals surface area contributed by atoms with Gasteiger partial charge in [0.25, 0.3) is 0 Å². The number of pyridine rings is 1. The largest absolute Gasteiger partial charge is 0.307 e. The maximum Gasteiger partial charge on any atom is 0.0725 e. The van der Waals surface area contributed by atoms with Crippen LogP contribution in [0.1, 0.15) is 17.0 Å². The average Bonchev–Trinajstić information content (AvgIpc) is 3.38. The Balaban J connectivity index is 1.65. The lowest BCUT2D eigenvalue weighted by atomic mass is 10.1. The standard InChI is InChI=1S/C32H25N3/c1-20-31(34-27-16-8-4-12-23(27)24-13-5-9-17-28(24)34)21(2)33-22(3)32(20)35-29-18-10-6-14-25(29)26-15-7-11-19-30(26)35/h4-19H,1-3H3. The zero-order valence-electron chi connectivity index (χ0n) is 20.1. The molecule has 0 aliphatic heterocycles. The first-order valence-electron chi connectivity index (χ1n) is 12.1. The van der Waals surface area contributed by atoms with E-state index in [0.717, 1.165) is 22.8 Å². The summed E-state index contributed by atoms with van der Waals surface area (Å²) in [4.78, 5) is 5.13. The molecule has 7 rings (SSSR count). The van der Waals surface area contributed by atoms with Crippen LogP contribution >= 0.6 is 0 Å². The van der Waals surface area contributed by atoms with E-state index < -0.39 is 0 Å². The average molecular weight is 452 g/mol. The van der Waals surface area contributed by atoms with Crippen LogP contribution in [0.2, 0.25) is 0 Å².